The van der Waals surface area contributed by atoms with Crippen LogP contribution in [0.15, 0.2) is 42.5 Å². The maximum absolute atomic E-state index is 14.0. The molecule has 1 aliphatic rings. The average Bonchev–Trinajstić information content (AvgIpc) is 2.91. The second-order valence-electron chi connectivity index (χ2n) is 10.4. The molecule has 2 unspecified atom stereocenters. The van der Waals surface area contributed by atoms with E-state index in [1.165, 1.54) is 6.07 Å². The molecule has 3 rings (SSSR count). The monoisotopic (exact) mass is 589 g/mol. The number of amides is 3. The minimum absolute atomic E-state index is 0.0379. The molecule has 3 amide bonds. The van der Waals surface area contributed by atoms with Gasteiger partial charge in [-0.1, -0.05) is 66.3 Å². The van der Waals surface area contributed by atoms with Crippen molar-refractivity contribution in [1.82, 2.24) is 19.9 Å². The number of aromatic nitrogens is 1. The number of carbonyl (C=O) groups excluding carboxylic acids is 3. The van der Waals surface area contributed by atoms with Crippen LogP contribution in [0.3, 0.4) is 0 Å². The maximum Gasteiger partial charge on any atom is 0.374 e. The first-order valence-corrected chi connectivity index (χ1v) is 14.7. The Hall–Kier alpha value is -3.68. The van der Waals surface area contributed by atoms with Crippen LogP contribution in [-0.4, -0.2) is 71.8 Å². The summed E-state index contributed by atoms with van der Waals surface area (Å²) in [5.41, 5.74) is 6.08. The SMILES string of the molecule is CC(C)CN(CC(O)[C@H](Cc1ccccc1)NC(=O)C(CC(N)=O)NC(=O)c1ccc2c(n1)=CCCC=2)S(=O)(=O)F. The standard InChI is InChI=1S/C28H36FN5O6S/c1-18(2)16-34(41(29,39)40)17-25(35)23(14-19-8-4-3-5-9-19)32-28(38)24(15-26(30)36)33-27(37)22-13-12-20-10-6-7-11-21(20)31-22/h3-5,8-13,18,23-25,35H,6-7,14-17H2,1-2H3,(H2,30,36)(H,32,38)(H,33,37)/t23-,24?,25?/m0/s1. The van der Waals surface area contributed by atoms with Gasteiger partial charge in [-0.05, 0) is 42.0 Å². The fourth-order valence-electron chi connectivity index (χ4n) is 4.48. The van der Waals surface area contributed by atoms with Crippen LogP contribution in [0.4, 0.5) is 3.89 Å². The number of nitrogens with zero attached hydrogens (tertiary/aromatic N) is 2. The second kappa shape index (κ2) is 14.3. The fourth-order valence-corrected chi connectivity index (χ4v) is 5.29. The average molecular weight is 590 g/mol. The number of rotatable bonds is 14. The number of nitrogens with one attached hydrogen (secondary N) is 2. The summed E-state index contributed by atoms with van der Waals surface area (Å²) in [6.45, 7) is 2.57. The van der Waals surface area contributed by atoms with Gasteiger partial charge in [-0.15, -0.1) is 0 Å². The van der Waals surface area contributed by atoms with Gasteiger partial charge in [0.05, 0.1) is 23.9 Å². The number of fused-ring (bicyclic) bond motifs is 1. The minimum atomic E-state index is -5.14. The molecule has 0 saturated carbocycles. The fraction of sp³-hybridized carbons (Fsp3) is 0.429. The van der Waals surface area contributed by atoms with Crippen LogP contribution in [0, 0.1) is 5.92 Å². The number of benzene rings is 1. The molecule has 1 heterocycles. The lowest BCUT2D eigenvalue weighted by molar-refractivity contribution is -0.128. The van der Waals surface area contributed by atoms with Crippen molar-refractivity contribution in [3.8, 4) is 0 Å². The van der Waals surface area contributed by atoms with Crippen LogP contribution in [0.5, 0.6) is 0 Å². The molecule has 11 nitrogen and oxygen atoms in total. The largest absolute Gasteiger partial charge is 0.390 e. The number of carbonyl (C=O) groups is 3. The number of aliphatic hydroxyl groups excluding tert-OH is 1. The molecule has 2 aromatic rings. The topological polar surface area (TPSA) is 172 Å². The Morgan fingerprint density at radius 1 is 1.05 bits per heavy atom. The molecule has 1 aromatic carbocycles. The molecule has 0 bridgehead atoms. The molecule has 0 radical (unpaired) electrons. The Bertz CT molecular complexity index is 1470. The molecule has 13 heteroatoms. The Kier molecular flexibility index (Phi) is 11.1. The summed E-state index contributed by atoms with van der Waals surface area (Å²) in [7, 11) is -5.14. The highest BCUT2D eigenvalue weighted by atomic mass is 32.3. The molecule has 0 fully saturated rings. The summed E-state index contributed by atoms with van der Waals surface area (Å²) in [6, 6.07) is 9.46. The summed E-state index contributed by atoms with van der Waals surface area (Å²) >= 11 is 0. The van der Waals surface area contributed by atoms with Crippen LogP contribution < -0.4 is 26.9 Å². The highest BCUT2D eigenvalue weighted by molar-refractivity contribution is 7.83. The van der Waals surface area contributed by atoms with E-state index >= 15 is 0 Å². The van der Waals surface area contributed by atoms with Crippen LogP contribution in [0.1, 0.15) is 49.2 Å². The number of hydrogen-bond acceptors (Lipinski definition) is 7. The number of pyridine rings is 1. The van der Waals surface area contributed by atoms with Gasteiger partial charge >= 0.3 is 10.4 Å². The van der Waals surface area contributed by atoms with Crippen molar-refractivity contribution in [2.24, 2.45) is 11.7 Å². The van der Waals surface area contributed by atoms with E-state index in [1.807, 2.05) is 12.2 Å². The minimum Gasteiger partial charge on any atom is -0.390 e. The molecule has 0 saturated heterocycles. The van der Waals surface area contributed by atoms with Crippen LogP contribution in [0.25, 0.3) is 12.2 Å². The first-order chi connectivity index (χ1) is 19.3. The zero-order valence-corrected chi connectivity index (χ0v) is 23.8. The normalized spacial score (nSPS) is 15.2. The summed E-state index contributed by atoms with van der Waals surface area (Å²) in [4.78, 5) is 42.5. The number of halogens is 1. The van der Waals surface area contributed by atoms with Gasteiger partial charge in [-0.2, -0.15) is 12.7 Å². The second-order valence-corrected chi connectivity index (χ2v) is 11.7. The Labute approximate surface area is 238 Å². The van der Waals surface area contributed by atoms with E-state index in [1.54, 1.807) is 50.2 Å². The van der Waals surface area contributed by atoms with Gasteiger partial charge in [0.2, 0.25) is 11.8 Å². The summed E-state index contributed by atoms with van der Waals surface area (Å²) in [5.74, 6) is -2.65. The van der Waals surface area contributed by atoms with E-state index in [2.05, 4.69) is 15.6 Å². The van der Waals surface area contributed by atoms with Crippen molar-refractivity contribution in [3.05, 3.63) is 64.3 Å². The number of hydrogen-bond donors (Lipinski definition) is 4. The Morgan fingerprint density at radius 3 is 2.37 bits per heavy atom. The van der Waals surface area contributed by atoms with Gasteiger partial charge in [0.25, 0.3) is 5.91 Å². The van der Waals surface area contributed by atoms with Gasteiger partial charge in [0, 0.05) is 13.1 Å². The smallest absolute Gasteiger partial charge is 0.374 e. The number of nitrogens with two attached hydrogens (primary N) is 1. The third-order valence-corrected chi connectivity index (χ3v) is 7.36. The first-order valence-electron chi connectivity index (χ1n) is 13.3. The van der Waals surface area contributed by atoms with Gasteiger partial charge in [0.1, 0.15) is 11.7 Å². The molecule has 0 aliphatic heterocycles. The van der Waals surface area contributed by atoms with E-state index in [0.29, 0.717) is 15.2 Å². The molecule has 1 aliphatic carbocycles. The summed E-state index contributed by atoms with van der Waals surface area (Å²) in [6.07, 6.45) is 3.50. The lowest BCUT2D eigenvalue weighted by Gasteiger charge is -2.30. The van der Waals surface area contributed by atoms with Crippen molar-refractivity contribution >= 4 is 40.3 Å². The third-order valence-electron chi connectivity index (χ3n) is 6.44. The highest BCUT2D eigenvalue weighted by Gasteiger charge is 2.32. The van der Waals surface area contributed by atoms with Crippen molar-refractivity contribution in [3.63, 3.8) is 0 Å². The summed E-state index contributed by atoms with van der Waals surface area (Å²) in [5, 5.41) is 17.6. The highest BCUT2D eigenvalue weighted by Crippen LogP contribution is 2.13. The predicted octanol–water partition coefficient (Wildman–Crippen LogP) is -0.329. The molecule has 5 N–H and O–H groups in total. The molecular weight excluding hydrogens is 553 g/mol. The molecule has 3 atom stereocenters. The number of aliphatic hydroxyl groups is 1. The van der Waals surface area contributed by atoms with E-state index in [0.717, 1.165) is 18.1 Å². The zero-order valence-electron chi connectivity index (χ0n) is 23.0. The summed E-state index contributed by atoms with van der Waals surface area (Å²) < 4.78 is 38.0. The van der Waals surface area contributed by atoms with Gasteiger partial charge in [0.15, 0.2) is 0 Å². The Morgan fingerprint density at radius 2 is 1.73 bits per heavy atom. The molecule has 0 spiro atoms. The van der Waals surface area contributed by atoms with E-state index in [9.17, 15) is 31.8 Å². The lowest BCUT2D eigenvalue weighted by Crippen LogP contribution is -2.56. The van der Waals surface area contributed by atoms with Gasteiger partial charge in [-0.25, -0.2) is 4.98 Å². The van der Waals surface area contributed by atoms with Gasteiger partial charge < -0.3 is 21.5 Å². The molecule has 1 aromatic heterocycles. The van der Waals surface area contributed by atoms with Crippen molar-refractivity contribution in [1.29, 1.82) is 0 Å². The van der Waals surface area contributed by atoms with Crippen molar-refractivity contribution in [2.45, 2.75) is 57.7 Å². The quantitative estimate of drug-likeness (QED) is 0.219. The first kappa shape index (κ1) is 31.8. The number of primary amides is 1. The van der Waals surface area contributed by atoms with Crippen molar-refractivity contribution < 1.29 is 31.8 Å². The third kappa shape index (κ3) is 9.73. The predicted molar refractivity (Wildman–Crippen MR) is 151 cm³/mol. The zero-order chi connectivity index (χ0) is 30.2. The molecule has 222 valence electrons. The Balaban J connectivity index is 1.83. The lowest BCUT2D eigenvalue weighted by atomic mass is 10.00. The van der Waals surface area contributed by atoms with Crippen LogP contribution >= 0.6 is 0 Å². The van der Waals surface area contributed by atoms with E-state index in [4.69, 9.17) is 5.73 Å². The van der Waals surface area contributed by atoms with E-state index < -0.39 is 59.3 Å². The maximum atomic E-state index is 14.0. The van der Waals surface area contributed by atoms with Gasteiger partial charge in [-0.3, -0.25) is 14.4 Å². The van der Waals surface area contributed by atoms with E-state index in [-0.39, 0.29) is 24.6 Å². The molecular formula is C28H36FN5O6S. The van der Waals surface area contributed by atoms with Crippen LogP contribution in [-0.2, 0) is 26.4 Å². The van der Waals surface area contributed by atoms with Crippen molar-refractivity contribution in [2.75, 3.05) is 13.1 Å². The van der Waals surface area contributed by atoms with Crippen LogP contribution in [0.2, 0.25) is 0 Å². The molecule has 41 heavy (non-hydrogen) atoms.